The van der Waals surface area contributed by atoms with Crippen LogP contribution in [0.2, 0.25) is 10.0 Å². The summed E-state index contributed by atoms with van der Waals surface area (Å²) in [6.45, 7) is 4.09. The quantitative estimate of drug-likeness (QED) is 0.242. The largest absolute Gasteiger partial charge is 0.355 e. The highest BCUT2D eigenvalue weighted by molar-refractivity contribution is 9.10. The Morgan fingerprint density at radius 2 is 1.85 bits per heavy atom. The molecule has 7 rings (SSSR count). The lowest BCUT2D eigenvalue weighted by Crippen LogP contribution is -2.54. The first kappa shape index (κ1) is 30.7. The third-order valence-corrected chi connectivity index (χ3v) is 10.7. The van der Waals surface area contributed by atoms with Gasteiger partial charge in [0.05, 0.1) is 33.1 Å². The first-order chi connectivity index (χ1) is 22.0. The van der Waals surface area contributed by atoms with Gasteiger partial charge in [0.1, 0.15) is 17.4 Å². The van der Waals surface area contributed by atoms with Crippen LogP contribution < -0.4 is 15.5 Å². The van der Waals surface area contributed by atoms with Gasteiger partial charge >= 0.3 is 0 Å². The molecule has 46 heavy (non-hydrogen) atoms. The van der Waals surface area contributed by atoms with E-state index in [2.05, 4.69) is 53.6 Å². The monoisotopic (exact) mass is 724 g/mol. The molecule has 0 saturated carbocycles. The number of nitrogens with zero attached hydrogens (tertiary/aromatic N) is 5. The second-order valence-electron chi connectivity index (χ2n) is 11.9. The zero-order chi connectivity index (χ0) is 32.3. The summed E-state index contributed by atoms with van der Waals surface area (Å²) in [4.78, 5) is 63.1. The highest BCUT2D eigenvalue weighted by atomic mass is 79.9. The summed E-state index contributed by atoms with van der Waals surface area (Å²) in [5.74, 6) is -1.39. The van der Waals surface area contributed by atoms with Crippen molar-refractivity contribution in [2.24, 2.45) is 0 Å². The molecular weight excluding hydrogens is 699 g/mol. The fourth-order valence-electron chi connectivity index (χ4n) is 6.24. The molecular formula is C31H27BrCl2N8O4. The van der Waals surface area contributed by atoms with E-state index in [1.165, 1.54) is 0 Å². The summed E-state index contributed by atoms with van der Waals surface area (Å²) < 4.78 is 0.521. The molecule has 1 unspecified atom stereocenters. The molecule has 236 valence electrons. The van der Waals surface area contributed by atoms with E-state index in [1.807, 2.05) is 18.2 Å². The minimum atomic E-state index is -1.01. The van der Waals surface area contributed by atoms with Crippen LogP contribution in [0, 0.1) is 0 Å². The van der Waals surface area contributed by atoms with Gasteiger partial charge in [0.25, 0.3) is 11.8 Å². The minimum Gasteiger partial charge on any atom is -0.355 e. The van der Waals surface area contributed by atoms with Gasteiger partial charge < -0.3 is 10.2 Å². The van der Waals surface area contributed by atoms with Gasteiger partial charge in [-0.25, -0.2) is 9.97 Å². The first-order valence-electron chi connectivity index (χ1n) is 14.7. The molecule has 0 bridgehead atoms. The number of piperidine rings is 2. The Hall–Kier alpha value is -3.91. The SMILES string of the molecule is CC1(NCc2ccc3c(c2Br)C(=O)N(C2CCC(=O)NC2=O)C3=O)CCN(c2cnc3c(-c4cccc(Cl)c4Cl)[nH]nc3n2)CC1. The molecule has 5 heterocycles. The maximum atomic E-state index is 13.4. The summed E-state index contributed by atoms with van der Waals surface area (Å²) in [7, 11) is 0. The van der Waals surface area contributed by atoms with E-state index in [4.69, 9.17) is 28.2 Å². The number of hydrogen-bond acceptors (Lipinski definition) is 9. The topological polar surface area (TPSA) is 153 Å². The lowest BCUT2D eigenvalue weighted by Gasteiger charge is -2.40. The van der Waals surface area contributed by atoms with Crippen molar-refractivity contribution in [3.63, 3.8) is 0 Å². The molecule has 3 aliphatic rings. The Labute approximate surface area is 281 Å². The van der Waals surface area contributed by atoms with E-state index >= 15 is 0 Å². The maximum absolute atomic E-state index is 13.4. The Bertz CT molecular complexity index is 1960. The van der Waals surface area contributed by atoms with Crippen LogP contribution in [0.1, 0.15) is 58.9 Å². The normalized spacial score (nSPS) is 19.6. The smallest absolute Gasteiger partial charge is 0.263 e. The van der Waals surface area contributed by atoms with Crippen molar-refractivity contribution in [2.75, 3.05) is 18.0 Å². The second-order valence-corrected chi connectivity index (χ2v) is 13.5. The van der Waals surface area contributed by atoms with Crippen LogP contribution in [0.4, 0.5) is 5.82 Å². The van der Waals surface area contributed by atoms with E-state index in [9.17, 15) is 19.2 Å². The zero-order valence-electron chi connectivity index (χ0n) is 24.5. The molecule has 4 aromatic rings. The van der Waals surface area contributed by atoms with Gasteiger partial charge in [-0.2, -0.15) is 5.10 Å². The molecule has 15 heteroatoms. The van der Waals surface area contributed by atoms with Crippen molar-refractivity contribution in [1.29, 1.82) is 0 Å². The predicted octanol–water partition coefficient (Wildman–Crippen LogP) is 4.64. The number of carbonyl (C=O) groups is 4. The highest BCUT2D eigenvalue weighted by Crippen LogP contribution is 2.37. The maximum Gasteiger partial charge on any atom is 0.263 e. The van der Waals surface area contributed by atoms with E-state index in [1.54, 1.807) is 18.3 Å². The average molecular weight is 726 g/mol. The zero-order valence-corrected chi connectivity index (χ0v) is 27.6. The van der Waals surface area contributed by atoms with Crippen LogP contribution in [0.5, 0.6) is 0 Å². The minimum absolute atomic E-state index is 0.0700. The summed E-state index contributed by atoms with van der Waals surface area (Å²) >= 11 is 16.2. The number of halogens is 3. The number of imide groups is 2. The van der Waals surface area contributed by atoms with Crippen molar-refractivity contribution in [1.82, 2.24) is 35.7 Å². The molecule has 0 spiro atoms. The fourth-order valence-corrected chi connectivity index (χ4v) is 7.29. The van der Waals surface area contributed by atoms with Crippen molar-refractivity contribution in [3.8, 4) is 11.3 Å². The molecule has 2 fully saturated rings. The fraction of sp³-hybridized carbons (Fsp3) is 0.323. The van der Waals surface area contributed by atoms with Crippen molar-refractivity contribution >= 4 is 79.7 Å². The van der Waals surface area contributed by atoms with Gasteiger partial charge in [-0.05, 0) is 59.8 Å². The molecule has 2 aromatic heterocycles. The van der Waals surface area contributed by atoms with Gasteiger partial charge in [0, 0.05) is 41.6 Å². The average Bonchev–Trinajstić information content (AvgIpc) is 3.56. The number of anilines is 1. The van der Waals surface area contributed by atoms with Crippen LogP contribution >= 0.6 is 39.1 Å². The van der Waals surface area contributed by atoms with Gasteiger partial charge in [0.2, 0.25) is 17.5 Å². The Balaban J connectivity index is 1.01. The van der Waals surface area contributed by atoms with Crippen LogP contribution in [0.15, 0.2) is 41.0 Å². The third-order valence-electron chi connectivity index (χ3n) is 8.99. The van der Waals surface area contributed by atoms with Crippen LogP contribution in [0.25, 0.3) is 22.4 Å². The van der Waals surface area contributed by atoms with Crippen molar-refractivity contribution in [3.05, 3.63) is 67.7 Å². The number of carbonyl (C=O) groups excluding carboxylic acids is 4. The number of hydrogen-bond donors (Lipinski definition) is 3. The number of H-pyrrole nitrogens is 1. The van der Waals surface area contributed by atoms with Crippen LogP contribution in [-0.4, -0.2) is 73.4 Å². The number of benzene rings is 2. The number of aromatic amines is 1. The molecule has 2 saturated heterocycles. The van der Waals surface area contributed by atoms with Crippen molar-refractivity contribution in [2.45, 2.75) is 50.7 Å². The van der Waals surface area contributed by atoms with Gasteiger partial charge in [-0.15, -0.1) is 0 Å². The molecule has 0 radical (unpaired) electrons. The first-order valence-corrected chi connectivity index (χ1v) is 16.3. The number of fused-ring (bicyclic) bond motifs is 2. The van der Waals surface area contributed by atoms with E-state index in [-0.39, 0.29) is 29.5 Å². The molecule has 4 amide bonds. The van der Waals surface area contributed by atoms with Crippen LogP contribution in [-0.2, 0) is 16.1 Å². The van der Waals surface area contributed by atoms with Gasteiger partial charge in [-0.1, -0.05) is 41.4 Å². The van der Waals surface area contributed by atoms with E-state index in [0.717, 1.165) is 42.2 Å². The number of amides is 4. The third kappa shape index (κ3) is 5.24. The summed E-state index contributed by atoms with van der Waals surface area (Å²) in [5.41, 5.74) is 3.55. The van der Waals surface area contributed by atoms with Gasteiger partial charge in [-0.3, -0.25) is 34.5 Å². The molecule has 12 nitrogen and oxygen atoms in total. The molecule has 3 aliphatic heterocycles. The lowest BCUT2D eigenvalue weighted by atomic mass is 9.89. The number of rotatable bonds is 6. The summed E-state index contributed by atoms with van der Waals surface area (Å²) in [6.07, 6.45) is 3.56. The Kier molecular flexibility index (Phi) is 7.82. The second kappa shape index (κ2) is 11.7. The molecule has 3 N–H and O–H groups in total. The standard InChI is InChI=1S/C31H27BrCl2N8O4/c1-31(36-13-15-5-6-16-22(23(15)32)30(46)42(29(16)45)19-7-8-21(43)38-28(19)44)9-11-41(12-10-31)20-14-35-26-25(39-40-27(26)37-20)17-3-2-4-18(33)24(17)34/h2-6,14,19,36H,7-13H2,1H3,(H,37,39,40)(H,38,43,44). The summed E-state index contributed by atoms with van der Waals surface area (Å²) in [6, 6.07) is 7.82. The number of aromatic nitrogens is 4. The number of nitrogens with one attached hydrogen (secondary N) is 3. The predicted molar refractivity (Wildman–Crippen MR) is 175 cm³/mol. The lowest BCUT2D eigenvalue weighted by molar-refractivity contribution is -0.136. The van der Waals surface area contributed by atoms with E-state index in [0.29, 0.717) is 43.5 Å². The van der Waals surface area contributed by atoms with Crippen molar-refractivity contribution < 1.29 is 19.2 Å². The van der Waals surface area contributed by atoms with E-state index < -0.39 is 29.7 Å². The highest BCUT2D eigenvalue weighted by Gasteiger charge is 2.46. The molecule has 0 aliphatic carbocycles. The Morgan fingerprint density at radius 1 is 1.07 bits per heavy atom. The molecule has 2 aromatic carbocycles. The Morgan fingerprint density at radius 3 is 2.61 bits per heavy atom. The molecule has 1 atom stereocenters. The van der Waals surface area contributed by atoms with Crippen LogP contribution in [0.3, 0.4) is 0 Å². The van der Waals surface area contributed by atoms with Gasteiger partial charge in [0.15, 0.2) is 0 Å². The summed E-state index contributed by atoms with van der Waals surface area (Å²) in [5, 5.41) is 14.1.